The van der Waals surface area contributed by atoms with Crippen LogP contribution in [0, 0.1) is 7.43 Å². The molecule has 32 valence electrons. The second-order valence-corrected chi connectivity index (χ2v) is 0. The summed E-state index contributed by atoms with van der Waals surface area (Å²) < 4.78 is 0. The Hall–Kier alpha value is 1.16. The average molecular weight is 154 g/mol. The van der Waals surface area contributed by atoms with Crippen molar-refractivity contribution in [3.8, 4) is 0 Å². The van der Waals surface area contributed by atoms with Gasteiger partial charge < -0.3 is 49.6 Å². The van der Waals surface area contributed by atoms with Crippen LogP contribution in [0.15, 0.2) is 0 Å². The predicted octanol–water partition coefficient (Wildman–Crippen LogP) is -11.9. The van der Waals surface area contributed by atoms with Gasteiger partial charge in [0.05, 0.1) is 0 Å². The van der Waals surface area contributed by atoms with E-state index in [9.17, 15) is 0 Å². The molecule has 4 heteroatoms. The van der Waals surface area contributed by atoms with Crippen molar-refractivity contribution in [3.63, 3.8) is 0 Å². The molecule has 0 nitrogen and oxygen atoms in total. The molecular weight excluding hydrogens is 154 g/mol. The van der Waals surface area contributed by atoms with Crippen molar-refractivity contribution < 1.29 is 49.6 Å². The van der Waals surface area contributed by atoms with Gasteiger partial charge in [-0.3, -0.25) is 0 Å². The standard InChI is InChI=1S/C.4ClH/h;4*1H/q+4;;;;/p-4. The van der Waals surface area contributed by atoms with E-state index in [1.54, 1.807) is 0 Å². The van der Waals surface area contributed by atoms with Crippen molar-refractivity contribution in [2.45, 2.75) is 0 Å². The Morgan fingerprint density at radius 1 is 0.400 bits per heavy atom. The van der Waals surface area contributed by atoms with Gasteiger partial charge in [-0.25, -0.2) is 0 Å². The summed E-state index contributed by atoms with van der Waals surface area (Å²) >= 11 is 0. The average Bonchev–Trinajstić information content (AvgIpc) is 0. The van der Waals surface area contributed by atoms with E-state index in [1.165, 1.54) is 0 Å². The van der Waals surface area contributed by atoms with E-state index in [0.29, 0.717) is 0 Å². The van der Waals surface area contributed by atoms with Crippen LogP contribution in [0.2, 0.25) is 0 Å². The molecule has 0 N–H and O–H groups in total. The molecule has 0 aromatic carbocycles. The molecule has 0 fully saturated rings. The first-order valence-corrected chi connectivity index (χ1v) is 0. The molecule has 0 aromatic rings. The zero-order valence-corrected chi connectivity index (χ0v) is 5.04. The summed E-state index contributed by atoms with van der Waals surface area (Å²) in [4.78, 5) is 0. The molecular formula is CCl4. The van der Waals surface area contributed by atoms with E-state index in [4.69, 9.17) is 0 Å². The molecule has 0 aliphatic heterocycles. The third-order valence-corrected chi connectivity index (χ3v) is 0. The Morgan fingerprint density at radius 3 is 0.400 bits per heavy atom. The first kappa shape index (κ1) is 122. The molecule has 0 heterocycles. The van der Waals surface area contributed by atoms with Gasteiger partial charge in [0.2, 0.25) is 0 Å². The van der Waals surface area contributed by atoms with E-state index in [1.807, 2.05) is 0 Å². The van der Waals surface area contributed by atoms with Gasteiger partial charge in [0, 0.05) is 0 Å². The van der Waals surface area contributed by atoms with Crippen LogP contribution in [0.3, 0.4) is 0 Å². The minimum Gasteiger partial charge on any atom is -1.00 e. The molecule has 0 radical (unpaired) electrons. The maximum atomic E-state index is 0. The first-order valence-electron chi connectivity index (χ1n) is 0. The molecule has 0 unspecified atom stereocenters. The summed E-state index contributed by atoms with van der Waals surface area (Å²) in [5.74, 6) is 0. The van der Waals surface area contributed by atoms with Crippen LogP contribution in [-0.2, 0) is 0 Å². The molecule has 0 amide bonds. The monoisotopic (exact) mass is 152 g/mol. The van der Waals surface area contributed by atoms with E-state index < -0.39 is 0 Å². The molecule has 0 saturated carbocycles. The number of hydrogen-bond acceptors (Lipinski definition) is 0. The quantitative estimate of drug-likeness (QED) is 0.325. The van der Waals surface area contributed by atoms with Gasteiger partial charge in [-0.2, -0.15) is 0 Å². The second-order valence-electron chi connectivity index (χ2n) is 0. The van der Waals surface area contributed by atoms with Crippen LogP contribution < -0.4 is 49.6 Å². The van der Waals surface area contributed by atoms with Gasteiger partial charge in [0.25, 0.3) is 0 Å². The second kappa shape index (κ2) is 66.4. The maximum Gasteiger partial charge on any atom is 4.00 e. The molecule has 0 atom stereocenters. The van der Waals surface area contributed by atoms with Crippen molar-refractivity contribution in [1.82, 2.24) is 0 Å². The van der Waals surface area contributed by atoms with E-state index in [-0.39, 0.29) is 57.1 Å². The van der Waals surface area contributed by atoms with Gasteiger partial charge in [-0.1, -0.05) is 0 Å². The predicted molar refractivity (Wildman–Crippen MR) is 3.24 cm³/mol. The van der Waals surface area contributed by atoms with E-state index in [2.05, 4.69) is 0 Å². The van der Waals surface area contributed by atoms with Crippen LogP contribution in [0.4, 0.5) is 0 Å². The van der Waals surface area contributed by atoms with Crippen LogP contribution in [0.25, 0.3) is 0 Å². The number of rotatable bonds is 0. The largest absolute Gasteiger partial charge is 4.00 e. The Labute approximate surface area is 57.4 Å². The summed E-state index contributed by atoms with van der Waals surface area (Å²) in [6.45, 7) is 0. The Morgan fingerprint density at radius 2 is 0.400 bits per heavy atom. The number of hydrogen-bond donors (Lipinski definition) is 0. The fraction of sp³-hybridized carbons (Fsp3) is 0. The van der Waals surface area contributed by atoms with Crippen LogP contribution in [0.5, 0.6) is 0 Å². The van der Waals surface area contributed by atoms with E-state index >= 15 is 0 Å². The molecule has 0 aromatic heterocycles. The van der Waals surface area contributed by atoms with Crippen LogP contribution >= 0.6 is 0 Å². The first-order chi connectivity index (χ1) is 0. The summed E-state index contributed by atoms with van der Waals surface area (Å²) in [6.07, 6.45) is 0. The van der Waals surface area contributed by atoms with Gasteiger partial charge in [0.15, 0.2) is 0 Å². The molecule has 5 heavy (non-hydrogen) atoms. The maximum absolute atomic E-state index is 0. The Balaban J connectivity index is 0. The van der Waals surface area contributed by atoms with Gasteiger partial charge >= 0.3 is 7.43 Å². The third kappa shape index (κ3) is 38.3. The fourth-order valence-electron chi connectivity index (χ4n) is 0. The molecule has 0 aliphatic carbocycles. The normalized spacial score (nSPS) is 0. The smallest absolute Gasteiger partial charge is 1.00 e. The van der Waals surface area contributed by atoms with Crippen LogP contribution in [0.1, 0.15) is 0 Å². The van der Waals surface area contributed by atoms with Crippen molar-refractivity contribution in [1.29, 1.82) is 0 Å². The summed E-state index contributed by atoms with van der Waals surface area (Å²) in [6, 6.07) is 0. The molecule has 0 bridgehead atoms. The minimum atomic E-state index is 0. The van der Waals surface area contributed by atoms with Crippen molar-refractivity contribution in [3.05, 3.63) is 7.43 Å². The van der Waals surface area contributed by atoms with E-state index in [0.717, 1.165) is 0 Å². The fourth-order valence-corrected chi connectivity index (χ4v) is 0. The summed E-state index contributed by atoms with van der Waals surface area (Å²) in [5.41, 5.74) is 0. The van der Waals surface area contributed by atoms with Gasteiger partial charge in [-0.05, 0) is 0 Å². The molecule has 0 rings (SSSR count). The minimum absolute atomic E-state index is 0. The van der Waals surface area contributed by atoms with Crippen LogP contribution in [-0.4, -0.2) is 0 Å². The number of halogens is 4. The topological polar surface area (TPSA) is 0 Å². The summed E-state index contributed by atoms with van der Waals surface area (Å²) in [5, 5.41) is 0. The van der Waals surface area contributed by atoms with Gasteiger partial charge in [0.1, 0.15) is 0 Å². The zero-order chi connectivity index (χ0) is 0. The molecule has 0 aliphatic rings. The van der Waals surface area contributed by atoms with Crippen molar-refractivity contribution in [2.24, 2.45) is 0 Å². The third-order valence-electron chi connectivity index (χ3n) is 0. The Bertz CT molecular complexity index is 3.61. The van der Waals surface area contributed by atoms with Crippen molar-refractivity contribution >= 4 is 0 Å². The molecule has 0 spiro atoms. The van der Waals surface area contributed by atoms with Crippen molar-refractivity contribution in [2.75, 3.05) is 0 Å². The van der Waals surface area contributed by atoms with Gasteiger partial charge in [-0.15, -0.1) is 0 Å². The summed E-state index contributed by atoms with van der Waals surface area (Å²) in [7, 11) is 0. The zero-order valence-electron chi connectivity index (χ0n) is 2.01. The Kier molecular flexibility index (Phi) is 1620. The molecule has 0 saturated heterocycles. The SMILES string of the molecule is [C+4].[Cl-].[Cl-].[Cl-].[Cl-].